The van der Waals surface area contributed by atoms with Crippen LogP contribution in [0.2, 0.25) is 10.0 Å². The van der Waals surface area contributed by atoms with Crippen molar-refractivity contribution in [3.05, 3.63) is 52.0 Å². The minimum atomic E-state index is -3.83. The first kappa shape index (κ1) is 22.3. The van der Waals surface area contributed by atoms with Crippen molar-refractivity contribution in [1.29, 1.82) is 0 Å². The summed E-state index contributed by atoms with van der Waals surface area (Å²) in [5.74, 6) is -0.194. The molecule has 0 heterocycles. The van der Waals surface area contributed by atoms with Crippen molar-refractivity contribution in [3.63, 3.8) is 0 Å². The van der Waals surface area contributed by atoms with Crippen LogP contribution in [0.3, 0.4) is 0 Å². The lowest BCUT2D eigenvalue weighted by Gasteiger charge is -2.31. The molecular formula is C19H22Cl2N2O4S. The Labute approximate surface area is 175 Å². The molecule has 0 spiro atoms. The number of amides is 1. The average Bonchev–Trinajstić information content (AvgIpc) is 2.61. The highest BCUT2D eigenvalue weighted by Crippen LogP contribution is 2.35. The third-order valence-corrected chi connectivity index (χ3v) is 5.80. The van der Waals surface area contributed by atoms with E-state index in [-0.39, 0.29) is 12.1 Å². The van der Waals surface area contributed by atoms with Gasteiger partial charge in [-0.25, -0.2) is 8.42 Å². The predicted molar refractivity (Wildman–Crippen MR) is 114 cm³/mol. The Bertz CT molecular complexity index is 980. The zero-order valence-corrected chi connectivity index (χ0v) is 18.3. The molecule has 0 aliphatic rings. The minimum Gasteiger partial charge on any atom is -0.495 e. The second kappa shape index (κ2) is 9.03. The highest BCUT2D eigenvalue weighted by molar-refractivity contribution is 7.92. The molecule has 2 aromatic rings. The molecule has 152 valence electrons. The van der Waals surface area contributed by atoms with Gasteiger partial charge in [-0.05, 0) is 49.2 Å². The Hall–Kier alpha value is -1.96. The van der Waals surface area contributed by atoms with Crippen LogP contribution in [0.4, 0.5) is 11.4 Å². The Balaban J connectivity index is 2.51. The van der Waals surface area contributed by atoms with Crippen LogP contribution < -0.4 is 14.4 Å². The second-order valence-electron chi connectivity index (χ2n) is 6.25. The third kappa shape index (κ3) is 5.10. The molecule has 9 heteroatoms. The molecule has 28 heavy (non-hydrogen) atoms. The minimum absolute atomic E-state index is 0.197. The molecular weight excluding hydrogens is 423 g/mol. The summed E-state index contributed by atoms with van der Waals surface area (Å²) >= 11 is 12.1. The van der Waals surface area contributed by atoms with Gasteiger partial charge in [0, 0.05) is 15.7 Å². The molecule has 1 atom stereocenters. The molecule has 1 amide bonds. The number of sulfonamides is 1. The fourth-order valence-electron chi connectivity index (χ4n) is 2.82. The van der Waals surface area contributed by atoms with Crippen LogP contribution in [0, 0.1) is 6.92 Å². The maximum absolute atomic E-state index is 13.0. The van der Waals surface area contributed by atoms with Crippen LogP contribution in [-0.2, 0) is 14.8 Å². The van der Waals surface area contributed by atoms with E-state index < -0.39 is 22.0 Å². The molecule has 2 aromatic carbocycles. The van der Waals surface area contributed by atoms with E-state index in [9.17, 15) is 13.2 Å². The largest absolute Gasteiger partial charge is 0.495 e. The van der Waals surface area contributed by atoms with Gasteiger partial charge >= 0.3 is 0 Å². The highest BCUT2D eigenvalue weighted by Gasteiger charge is 2.33. The molecule has 1 N–H and O–H groups in total. The van der Waals surface area contributed by atoms with Gasteiger partial charge in [0.05, 0.1) is 19.1 Å². The summed E-state index contributed by atoms with van der Waals surface area (Å²) in [5, 5.41) is 3.56. The quantitative estimate of drug-likeness (QED) is 0.681. The van der Waals surface area contributed by atoms with E-state index in [2.05, 4.69) is 5.32 Å². The summed E-state index contributed by atoms with van der Waals surface area (Å²) in [5.41, 5.74) is 1.52. The zero-order chi connectivity index (χ0) is 21.1. The fraction of sp³-hybridized carbons (Fsp3) is 0.316. The number of methoxy groups -OCH3 is 1. The van der Waals surface area contributed by atoms with Crippen molar-refractivity contribution < 1.29 is 17.9 Å². The number of hydrogen-bond acceptors (Lipinski definition) is 4. The lowest BCUT2D eigenvalue weighted by Crippen LogP contribution is -2.47. The van der Waals surface area contributed by atoms with Crippen LogP contribution in [0.1, 0.15) is 18.9 Å². The van der Waals surface area contributed by atoms with Gasteiger partial charge < -0.3 is 10.1 Å². The van der Waals surface area contributed by atoms with E-state index in [1.54, 1.807) is 37.3 Å². The number of ether oxygens (including phenoxy) is 1. The Morgan fingerprint density at radius 2 is 1.79 bits per heavy atom. The second-order valence-corrected chi connectivity index (χ2v) is 8.98. The monoisotopic (exact) mass is 444 g/mol. The smallest absolute Gasteiger partial charge is 0.248 e. The lowest BCUT2D eigenvalue weighted by molar-refractivity contribution is -0.117. The van der Waals surface area contributed by atoms with E-state index >= 15 is 0 Å². The maximum atomic E-state index is 13.0. The molecule has 6 nitrogen and oxygen atoms in total. The summed E-state index contributed by atoms with van der Waals surface area (Å²) in [7, 11) is -2.41. The van der Waals surface area contributed by atoms with E-state index in [1.165, 1.54) is 13.2 Å². The fourth-order valence-corrected chi connectivity index (χ4v) is 4.36. The topological polar surface area (TPSA) is 75.7 Å². The number of nitrogens with one attached hydrogen (secondary N) is 1. The number of carbonyl (C=O) groups excluding carboxylic acids is 1. The van der Waals surface area contributed by atoms with E-state index in [0.29, 0.717) is 21.5 Å². The van der Waals surface area contributed by atoms with E-state index in [1.807, 2.05) is 6.92 Å². The number of hydrogen-bond donors (Lipinski definition) is 1. The van der Waals surface area contributed by atoms with Gasteiger partial charge in [0.2, 0.25) is 15.9 Å². The van der Waals surface area contributed by atoms with Crippen molar-refractivity contribution in [3.8, 4) is 5.75 Å². The lowest BCUT2D eigenvalue weighted by atomic mass is 10.1. The third-order valence-electron chi connectivity index (χ3n) is 4.17. The van der Waals surface area contributed by atoms with Crippen LogP contribution >= 0.6 is 23.2 Å². The maximum Gasteiger partial charge on any atom is 0.248 e. The average molecular weight is 445 g/mol. The van der Waals surface area contributed by atoms with Gasteiger partial charge in [-0.1, -0.05) is 36.2 Å². The van der Waals surface area contributed by atoms with Crippen LogP contribution in [0.15, 0.2) is 36.4 Å². The summed E-state index contributed by atoms with van der Waals surface area (Å²) < 4.78 is 31.6. The highest BCUT2D eigenvalue weighted by atomic mass is 35.5. The van der Waals surface area contributed by atoms with Crippen LogP contribution in [0.5, 0.6) is 5.75 Å². The van der Waals surface area contributed by atoms with Crippen molar-refractivity contribution in [2.75, 3.05) is 23.0 Å². The zero-order valence-electron chi connectivity index (χ0n) is 16.0. The molecule has 0 saturated heterocycles. The van der Waals surface area contributed by atoms with E-state index in [0.717, 1.165) is 16.1 Å². The van der Waals surface area contributed by atoms with Gasteiger partial charge in [0.15, 0.2) is 0 Å². The molecule has 0 aliphatic carbocycles. The number of rotatable bonds is 7. The number of anilines is 2. The Morgan fingerprint density at radius 3 is 2.36 bits per heavy atom. The molecule has 0 unspecified atom stereocenters. The molecule has 0 radical (unpaired) electrons. The van der Waals surface area contributed by atoms with Gasteiger partial charge in [-0.3, -0.25) is 9.10 Å². The van der Waals surface area contributed by atoms with Crippen LogP contribution in [-0.4, -0.2) is 33.7 Å². The number of carbonyl (C=O) groups is 1. The molecule has 2 rings (SSSR count). The molecule has 0 saturated carbocycles. The van der Waals surface area contributed by atoms with Crippen molar-refractivity contribution >= 4 is 50.5 Å². The molecule has 0 aliphatic heterocycles. The molecule has 0 fully saturated rings. The number of aryl methyl sites for hydroxylation is 1. The van der Waals surface area contributed by atoms with E-state index in [4.69, 9.17) is 27.9 Å². The first-order chi connectivity index (χ1) is 13.1. The van der Waals surface area contributed by atoms with Gasteiger partial charge in [-0.2, -0.15) is 0 Å². The number of nitrogens with zero attached hydrogens (tertiary/aromatic N) is 1. The summed E-state index contributed by atoms with van der Waals surface area (Å²) in [6.07, 6.45) is 1.27. The number of halogens is 2. The summed E-state index contributed by atoms with van der Waals surface area (Å²) in [6, 6.07) is 8.69. The van der Waals surface area contributed by atoms with Crippen LogP contribution in [0.25, 0.3) is 0 Å². The summed E-state index contributed by atoms with van der Waals surface area (Å²) in [6.45, 7) is 3.55. The summed E-state index contributed by atoms with van der Waals surface area (Å²) in [4.78, 5) is 13.0. The van der Waals surface area contributed by atoms with Crippen molar-refractivity contribution in [2.24, 2.45) is 0 Å². The standard InChI is InChI=1S/C19H22Cl2N2O4S/c1-5-16(19(24)22-15-10-13(20)7-6-12(15)2)23(28(4,25)26)17-11-14(21)8-9-18(17)27-3/h6-11,16H,5H2,1-4H3,(H,22,24)/t16-/m1/s1. The molecule has 0 aromatic heterocycles. The predicted octanol–water partition coefficient (Wildman–Crippen LogP) is 4.49. The Morgan fingerprint density at radius 1 is 1.18 bits per heavy atom. The first-order valence-corrected chi connectivity index (χ1v) is 11.1. The Kier molecular flexibility index (Phi) is 7.20. The van der Waals surface area contributed by atoms with Gasteiger partial charge in [-0.15, -0.1) is 0 Å². The number of benzene rings is 2. The van der Waals surface area contributed by atoms with Crippen molar-refractivity contribution in [2.45, 2.75) is 26.3 Å². The first-order valence-electron chi connectivity index (χ1n) is 8.48. The normalized spacial score (nSPS) is 12.4. The van der Waals surface area contributed by atoms with Gasteiger partial charge in [0.1, 0.15) is 11.8 Å². The SMILES string of the molecule is CC[C@H](C(=O)Nc1cc(Cl)ccc1C)N(c1cc(Cl)ccc1OC)S(C)(=O)=O. The van der Waals surface area contributed by atoms with Crippen molar-refractivity contribution in [1.82, 2.24) is 0 Å². The molecule has 0 bridgehead atoms. The van der Waals surface area contributed by atoms with Gasteiger partial charge in [0.25, 0.3) is 0 Å².